The first kappa shape index (κ1) is 8.54. The molecule has 0 aliphatic heterocycles. The van der Waals surface area contributed by atoms with Crippen LogP contribution in [0.2, 0.25) is 5.02 Å². The predicted molar refractivity (Wildman–Crippen MR) is 54.3 cm³/mol. The molecular weight excluding hydrogens is 237 g/mol. The SMILES string of the molecule is NC1(c2c(Cl)cccc2Br)CC1. The van der Waals surface area contributed by atoms with Crippen LogP contribution in [0.5, 0.6) is 0 Å². The van der Waals surface area contributed by atoms with E-state index in [-0.39, 0.29) is 5.54 Å². The summed E-state index contributed by atoms with van der Waals surface area (Å²) in [6.07, 6.45) is 2.07. The van der Waals surface area contributed by atoms with Gasteiger partial charge in [0.05, 0.1) is 0 Å². The third-order valence-electron chi connectivity index (χ3n) is 2.25. The maximum atomic E-state index is 6.06. The molecule has 0 amide bonds. The minimum absolute atomic E-state index is 0.156. The van der Waals surface area contributed by atoms with Gasteiger partial charge in [0.2, 0.25) is 0 Å². The van der Waals surface area contributed by atoms with E-state index in [0.717, 1.165) is 27.9 Å². The number of hydrogen-bond donors (Lipinski definition) is 1. The van der Waals surface area contributed by atoms with Crippen molar-refractivity contribution in [1.29, 1.82) is 0 Å². The van der Waals surface area contributed by atoms with Crippen LogP contribution in [0.1, 0.15) is 18.4 Å². The van der Waals surface area contributed by atoms with Crippen molar-refractivity contribution >= 4 is 27.5 Å². The standard InChI is InChI=1S/C9H9BrClN/c10-6-2-1-3-7(11)8(6)9(12)4-5-9/h1-3H,4-5,12H2. The number of benzene rings is 1. The van der Waals surface area contributed by atoms with Gasteiger partial charge in [-0.1, -0.05) is 33.6 Å². The van der Waals surface area contributed by atoms with Gasteiger partial charge in [0.15, 0.2) is 0 Å². The summed E-state index contributed by atoms with van der Waals surface area (Å²) >= 11 is 9.50. The zero-order valence-electron chi connectivity index (χ0n) is 6.48. The van der Waals surface area contributed by atoms with Crippen LogP contribution < -0.4 is 5.73 Å². The van der Waals surface area contributed by atoms with E-state index < -0.39 is 0 Å². The summed E-state index contributed by atoms with van der Waals surface area (Å²) < 4.78 is 1.02. The smallest absolute Gasteiger partial charge is 0.0467 e. The largest absolute Gasteiger partial charge is 0.321 e. The molecule has 0 saturated heterocycles. The van der Waals surface area contributed by atoms with Crippen LogP contribution in [0.15, 0.2) is 22.7 Å². The number of rotatable bonds is 1. The number of halogens is 2. The fourth-order valence-electron chi connectivity index (χ4n) is 1.36. The molecule has 1 saturated carbocycles. The van der Waals surface area contributed by atoms with Crippen molar-refractivity contribution in [3.05, 3.63) is 33.3 Å². The Morgan fingerprint density at radius 1 is 1.42 bits per heavy atom. The Bertz CT molecular complexity index is 300. The van der Waals surface area contributed by atoms with Gasteiger partial charge in [-0.3, -0.25) is 0 Å². The Kier molecular flexibility index (Phi) is 1.94. The van der Waals surface area contributed by atoms with E-state index in [1.807, 2.05) is 18.2 Å². The molecule has 3 heteroatoms. The van der Waals surface area contributed by atoms with Crippen LogP contribution in [-0.4, -0.2) is 0 Å². The second-order valence-electron chi connectivity index (χ2n) is 3.25. The molecule has 0 radical (unpaired) electrons. The van der Waals surface area contributed by atoms with E-state index in [0.29, 0.717) is 0 Å². The quantitative estimate of drug-likeness (QED) is 0.810. The zero-order chi connectivity index (χ0) is 8.77. The van der Waals surface area contributed by atoms with E-state index in [2.05, 4.69) is 15.9 Å². The fraction of sp³-hybridized carbons (Fsp3) is 0.333. The highest BCUT2D eigenvalue weighted by atomic mass is 79.9. The number of hydrogen-bond acceptors (Lipinski definition) is 1. The summed E-state index contributed by atoms with van der Waals surface area (Å²) in [6.45, 7) is 0. The molecule has 1 fully saturated rings. The lowest BCUT2D eigenvalue weighted by molar-refractivity contribution is 0.736. The first-order valence-electron chi connectivity index (χ1n) is 3.87. The van der Waals surface area contributed by atoms with Gasteiger partial charge in [-0.15, -0.1) is 0 Å². The van der Waals surface area contributed by atoms with Crippen molar-refractivity contribution in [3.8, 4) is 0 Å². The molecule has 12 heavy (non-hydrogen) atoms. The topological polar surface area (TPSA) is 26.0 Å². The van der Waals surface area contributed by atoms with Gasteiger partial charge in [-0.2, -0.15) is 0 Å². The molecular formula is C9H9BrClN. The molecule has 2 rings (SSSR count). The van der Waals surface area contributed by atoms with Crippen molar-refractivity contribution < 1.29 is 0 Å². The lowest BCUT2D eigenvalue weighted by Crippen LogP contribution is -2.19. The lowest BCUT2D eigenvalue weighted by Gasteiger charge is -2.12. The summed E-state index contributed by atoms with van der Waals surface area (Å²) in [5.74, 6) is 0. The van der Waals surface area contributed by atoms with Crippen LogP contribution >= 0.6 is 27.5 Å². The van der Waals surface area contributed by atoms with Crippen LogP contribution in [0.4, 0.5) is 0 Å². The van der Waals surface area contributed by atoms with Crippen molar-refractivity contribution in [2.45, 2.75) is 18.4 Å². The van der Waals surface area contributed by atoms with Crippen molar-refractivity contribution in [2.24, 2.45) is 5.73 Å². The highest BCUT2D eigenvalue weighted by Gasteiger charge is 2.42. The molecule has 64 valence electrons. The maximum Gasteiger partial charge on any atom is 0.0467 e. The molecule has 0 unspecified atom stereocenters. The van der Waals surface area contributed by atoms with Crippen molar-refractivity contribution in [1.82, 2.24) is 0 Å². The maximum absolute atomic E-state index is 6.06. The van der Waals surface area contributed by atoms with Crippen LogP contribution in [0, 0.1) is 0 Å². The Labute approximate surface area is 85.0 Å². The molecule has 0 aromatic heterocycles. The Balaban J connectivity index is 2.55. The summed E-state index contributed by atoms with van der Waals surface area (Å²) in [6, 6.07) is 5.78. The summed E-state index contributed by atoms with van der Waals surface area (Å²) in [7, 11) is 0. The lowest BCUT2D eigenvalue weighted by atomic mass is 10.1. The molecule has 1 aliphatic carbocycles. The van der Waals surface area contributed by atoms with E-state index in [1.54, 1.807) is 0 Å². The van der Waals surface area contributed by atoms with E-state index in [4.69, 9.17) is 17.3 Å². The summed E-state index contributed by atoms with van der Waals surface area (Å²) in [5.41, 5.74) is 6.96. The monoisotopic (exact) mass is 245 g/mol. The highest BCUT2D eigenvalue weighted by Crippen LogP contribution is 2.48. The normalized spacial score (nSPS) is 19.2. The average molecular weight is 247 g/mol. The van der Waals surface area contributed by atoms with Gasteiger partial charge >= 0.3 is 0 Å². The predicted octanol–water partition coefficient (Wildman–Crippen LogP) is 3.05. The molecule has 0 spiro atoms. The van der Waals surface area contributed by atoms with E-state index >= 15 is 0 Å². The molecule has 0 heterocycles. The van der Waals surface area contributed by atoms with Gasteiger partial charge < -0.3 is 5.73 Å². The molecule has 1 aliphatic rings. The van der Waals surface area contributed by atoms with Crippen LogP contribution in [0.25, 0.3) is 0 Å². The Morgan fingerprint density at radius 3 is 2.58 bits per heavy atom. The van der Waals surface area contributed by atoms with Crippen LogP contribution in [0.3, 0.4) is 0 Å². The van der Waals surface area contributed by atoms with Gasteiger partial charge in [0, 0.05) is 20.6 Å². The minimum atomic E-state index is -0.156. The fourth-order valence-corrected chi connectivity index (χ4v) is 2.60. The Morgan fingerprint density at radius 2 is 2.08 bits per heavy atom. The second kappa shape index (κ2) is 2.72. The van der Waals surface area contributed by atoms with Gasteiger partial charge in [0.1, 0.15) is 0 Å². The second-order valence-corrected chi connectivity index (χ2v) is 4.51. The van der Waals surface area contributed by atoms with E-state index in [1.165, 1.54) is 0 Å². The third kappa shape index (κ3) is 1.28. The van der Waals surface area contributed by atoms with Crippen molar-refractivity contribution in [3.63, 3.8) is 0 Å². The molecule has 1 aromatic carbocycles. The van der Waals surface area contributed by atoms with E-state index in [9.17, 15) is 0 Å². The zero-order valence-corrected chi connectivity index (χ0v) is 8.82. The van der Waals surface area contributed by atoms with Gasteiger partial charge in [-0.05, 0) is 25.0 Å². The number of nitrogens with two attached hydrogens (primary N) is 1. The molecule has 0 bridgehead atoms. The Hall–Kier alpha value is -0.0500. The molecule has 2 N–H and O–H groups in total. The third-order valence-corrected chi connectivity index (χ3v) is 3.23. The van der Waals surface area contributed by atoms with Gasteiger partial charge in [0.25, 0.3) is 0 Å². The van der Waals surface area contributed by atoms with Crippen LogP contribution in [-0.2, 0) is 5.54 Å². The highest BCUT2D eigenvalue weighted by molar-refractivity contribution is 9.10. The van der Waals surface area contributed by atoms with Gasteiger partial charge in [-0.25, -0.2) is 0 Å². The minimum Gasteiger partial charge on any atom is -0.321 e. The molecule has 1 nitrogen and oxygen atoms in total. The van der Waals surface area contributed by atoms with Crippen molar-refractivity contribution in [2.75, 3.05) is 0 Å². The summed E-state index contributed by atoms with van der Waals surface area (Å²) in [5, 5.41) is 0.768. The molecule has 1 aromatic rings. The first-order valence-corrected chi connectivity index (χ1v) is 5.04. The summed E-state index contributed by atoms with van der Waals surface area (Å²) in [4.78, 5) is 0. The first-order chi connectivity index (χ1) is 5.63. The average Bonchev–Trinajstić information content (AvgIpc) is 2.68. The molecule has 0 atom stereocenters.